The van der Waals surface area contributed by atoms with Crippen LogP contribution in [0.15, 0.2) is 77.7 Å². The van der Waals surface area contributed by atoms with Gasteiger partial charge in [-0.3, -0.25) is 9.52 Å². The zero-order valence-corrected chi connectivity index (χ0v) is 19.9. The van der Waals surface area contributed by atoms with Crippen molar-refractivity contribution in [3.8, 4) is 0 Å². The van der Waals surface area contributed by atoms with Crippen LogP contribution >= 0.6 is 0 Å². The van der Waals surface area contributed by atoms with Crippen molar-refractivity contribution in [1.82, 2.24) is 4.90 Å². The summed E-state index contributed by atoms with van der Waals surface area (Å²) >= 11 is 0. The molecule has 0 bridgehead atoms. The molecule has 5 nitrogen and oxygen atoms in total. The summed E-state index contributed by atoms with van der Waals surface area (Å²) in [6, 6.07) is 22.4. The maximum atomic E-state index is 13.3. The molecule has 0 saturated carbocycles. The van der Waals surface area contributed by atoms with Crippen LogP contribution in [0.2, 0.25) is 0 Å². The van der Waals surface area contributed by atoms with Crippen LogP contribution in [0.5, 0.6) is 0 Å². The van der Waals surface area contributed by atoms with Gasteiger partial charge in [0.2, 0.25) is 0 Å². The Morgan fingerprint density at radius 3 is 2.24 bits per heavy atom. The standard InChI is InChI=1S/C27H30N2O3S/c1-20-11-13-24(14-12-20)33(31,32)28-26-10-6-9-25(21(26)2)27(30)29-17-15-23(16-18-29)19-22-7-4-3-5-8-22/h3-14,23,28H,15-19H2,1-2H3. The second-order valence-electron chi connectivity index (χ2n) is 8.82. The summed E-state index contributed by atoms with van der Waals surface area (Å²) < 4.78 is 28.3. The van der Waals surface area contributed by atoms with Crippen LogP contribution in [-0.2, 0) is 16.4 Å². The van der Waals surface area contributed by atoms with E-state index in [9.17, 15) is 13.2 Å². The minimum atomic E-state index is -3.73. The van der Waals surface area contributed by atoms with Crippen molar-refractivity contribution in [2.45, 2.75) is 38.0 Å². The van der Waals surface area contributed by atoms with Gasteiger partial charge in [0.25, 0.3) is 15.9 Å². The number of piperidine rings is 1. The van der Waals surface area contributed by atoms with Crippen molar-refractivity contribution >= 4 is 21.6 Å². The molecule has 172 valence electrons. The molecule has 33 heavy (non-hydrogen) atoms. The van der Waals surface area contributed by atoms with Gasteiger partial charge in [-0.25, -0.2) is 8.42 Å². The molecule has 1 fully saturated rings. The molecule has 1 N–H and O–H groups in total. The Kier molecular flexibility index (Phi) is 6.84. The molecule has 0 aromatic heterocycles. The number of hydrogen-bond acceptors (Lipinski definition) is 3. The minimum absolute atomic E-state index is 0.0398. The van der Waals surface area contributed by atoms with Gasteiger partial charge in [-0.15, -0.1) is 0 Å². The highest BCUT2D eigenvalue weighted by atomic mass is 32.2. The molecule has 1 heterocycles. The van der Waals surface area contributed by atoms with E-state index in [-0.39, 0.29) is 10.8 Å². The first-order valence-corrected chi connectivity index (χ1v) is 12.8. The number of hydrogen-bond donors (Lipinski definition) is 1. The van der Waals surface area contributed by atoms with E-state index in [0.29, 0.717) is 22.7 Å². The Hall–Kier alpha value is -3.12. The SMILES string of the molecule is Cc1ccc(S(=O)(=O)Nc2cccc(C(=O)N3CCC(Cc4ccccc4)CC3)c2C)cc1. The molecule has 1 saturated heterocycles. The van der Waals surface area contributed by atoms with Crippen molar-refractivity contribution < 1.29 is 13.2 Å². The topological polar surface area (TPSA) is 66.5 Å². The fourth-order valence-corrected chi connectivity index (χ4v) is 5.48. The minimum Gasteiger partial charge on any atom is -0.339 e. The molecule has 0 spiro atoms. The molecule has 3 aromatic rings. The monoisotopic (exact) mass is 462 g/mol. The lowest BCUT2D eigenvalue weighted by molar-refractivity contribution is 0.0690. The molecule has 1 amide bonds. The van der Waals surface area contributed by atoms with E-state index >= 15 is 0 Å². The summed E-state index contributed by atoms with van der Waals surface area (Å²) in [4.78, 5) is 15.3. The number of sulfonamides is 1. The lowest BCUT2D eigenvalue weighted by Gasteiger charge is -2.32. The number of anilines is 1. The van der Waals surface area contributed by atoms with Gasteiger partial charge in [0, 0.05) is 18.7 Å². The van der Waals surface area contributed by atoms with Crippen LogP contribution in [0, 0.1) is 19.8 Å². The Morgan fingerprint density at radius 1 is 0.909 bits per heavy atom. The number of benzene rings is 3. The average Bonchev–Trinajstić information content (AvgIpc) is 2.81. The van der Waals surface area contributed by atoms with Crippen molar-refractivity contribution in [2.75, 3.05) is 17.8 Å². The number of nitrogens with zero attached hydrogens (tertiary/aromatic N) is 1. The Balaban J connectivity index is 1.44. The quantitative estimate of drug-likeness (QED) is 0.548. The molecule has 3 aromatic carbocycles. The van der Waals surface area contributed by atoms with Crippen molar-refractivity contribution in [1.29, 1.82) is 0 Å². The third kappa shape index (κ3) is 5.45. The third-order valence-electron chi connectivity index (χ3n) is 6.41. The smallest absolute Gasteiger partial charge is 0.261 e. The second-order valence-corrected chi connectivity index (χ2v) is 10.5. The van der Waals surface area contributed by atoms with Gasteiger partial charge in [-0.05, 0) is 74.4 Å². The highest BCUT2D eigenvalue weighted by molar-refractivity contribution is 7.92. The Labute approximate surface area is 196 Å². The first-order valence-electron chi connectivity index (χ1n) is 11.4. The van der Waals surface area contributed by atoms with Crippen molar-refractivity contribution in [3.05, 3.63) is 95.1 Å². The van der Waals surface area contributed by atoms with Gasteiger partial charge in [0.05, 0.1) is 10.6 Å². The Morgan fingerprint density at radius 2 is 1.58 bits per heavy atom. The van der Waals surface area contributed by atoms with Crippen molar-refractivity contribution in [2.24, 2.45) is 5.92 Å². The average molecular weight is 463 g/mol. The largest absolute Gasteiger partial charge is 0.339 e. The summed E-state index contributed by atoms with van der Waals surface area (Å²) in [7, 11) is -3.73. The van der Waals surface area contributed by atoms with Gasteiger partial charge >= 0.3 is 0 Å². The summed E-state index contributed by atoms with van der Waals surface area (Å²) in [5, 5.41) is 0. The molecular formula is C27H30N2O3S. The maximum absolute atomic E-state index is 13.3. The van der Waals surface area contributed by atoms with E-state index in [1.54, 1.807) is 49.4 Å². The summed E-state index contributed by atoms with van der Waals surface area (Å²) in [6.07, 6.45) is 2.98. The van der Waals surface area contributed by atoms with E-state index in [4.69, 9.17) is 0 Å². The fourth-order valence-electron chi connectivity index (χ4n) is 4.36. The van der Waals surface area contributed by atoms with Crippen LogP contribution in [-0.4, -0.2) is 32.3 Å². The molecule has 0 aliphatic carbocycles. The Bertz CT molecular complexity index is 1210. The van der Waals surface area contributed by atoms with Gasteiger partial charge in [-0.1, -0.05) is 54.1 Å². The first-order chi connectivity index (χ1) is 15.8. The summed E-state index contributed by atoms with van der Waals surface area (Å²) in [5.41, 5.74) is 3.95. The number of aryl methyl sites for hydroxylation is 1. The lowest BCUT2D eigenvalue weighted by atomic mass is 9.90. The van der Waals surface area contributed by atoms with Gasteiger partial charge < -0.3 is 4.90 Å². The summed E-state index contributed by atoms with van der Waals surface area (Å²) in [5.74, 6) is 0.534. The third-order valence-corrected chi connectivity index (χ3v) is 7.79. The highest BCUT2D eigenvalue weighted by Gasteiger charge is 2.26. The van der Waals surface area contributed by atoms with Gasteiger partial charge in [0.15, 0.2) is 0 Å². The van der Waals surface area contributed by atoms with Crippen LogP contribution in [0.1, 0.15) is 39.9 Å². The zero-order valence-electron chi connectivity index (χ0n) is 19.1. The first kappa shape index (κ1) is 23.1. The normalized spacial score (nSPS) is 14.8. The van der Waals surface area contributed by atoms with Crippen LogP contribution in [0.3, 0.4) is 0 Å². The molecule has 1 aliphatic heterocycles. The molecule has 0 atom stereocenters. The van der Waals surface area contributed by atoms with Crippen LogP contribution < -0.4 is 4.72 Å². The van der Waals surface area contributed by atoms with Crippen LogP contribution in [0.25, 0.3) is 0 Å². The molecular weight excluding hydrogens is 432 g/mol. The lowest BCUT2D eigenvalue weighted by Crippen LogP contribution is -2.39. The fraction of sp³-hybridized carbons (Fsp3) is 0.296. The van der Waals surface area contributed by atoms with E-state index in [0.717, 1.165) is 37.9 Å². The molecule has 1 aliphatic rings. The van der Waals surface area contributed by atoms with Gasteiger partial charge in [0.1, 0.15) is 0 Å². The second kappa shape index (κ2) is 9.79. The van der Waals surface area contributed by atoms with Gasteiger partial charge in [-0.2, -0.15) is 0 Å². The zero-order chi connectivity index (χ0) is 23.4. The van der Waals surface area contributed by atoms with E-state index in [1.165, 1.54) is 5.56 Å². The number of nitrogens with one attached hydrogen (secondary N) is 1. The van der Waals surface area contributed by atoms with E-state index in [2.05, 4.69) is 29.0 Å². The number of rotatable bonds is 6. The number of amides is 1. The predicted octanol–water partition coefficient (Wildman–Crippen LogP) is 5.20. The molecule has 0 unspecified atom stereocenters. The highest BCUT2D eigenvalue weighted by Crippen LogP contribution is 2.27. The number of carbonyl (C=O) groups is 1. The predicted molar refractivity (Wildman–Crippen MR) is 132 cm³/mol. The number of carbonyl (C=O) groups excluding carboxylic acids is 1. The van der Waals surface area contributed by atoms with Crippen LogP contribution in [0.4, 0.5) is 5.69 Å². The maximum Gasteiger partial charge on any atom is 0.261 e. The number of likely N-dealkylation sites (tertiary alicyclic amines) is 1. The molecule has 4 rings (SSSR count). The molecule has 6 heteroatoms. The van der Waals surface area contributed by atoms with E-state index in [1.807, 2.05) is 17.9 Å². The summed E-state index contributed by atoms with van der Waals surface area (Å²) in [6.45, 7) is 5.14. The molecule has 0 radical (unpaired) electrons. The van der Waals surface area contributed by atoms with Crippen molar-refractivity contribution in [3.63, 3.8) is 0 Å². The van der Waals surface area contributed by atoms with E-state index < -0.39 is 10.0 Å².